The van der Waals surface area contributed by atoms with Gasteiger partial charge in [-0.25, -0.2) is 0 Å². The molecular formula is C14H23N3O7. The number of carboxylic acid groups (broad SMARTS) is 2. The predicted octanol–water partition coefficient (Wildman–Crippen LogP) is -2.34. The lowest BCUT2D eigenvalue weighted by Crippen LogP contribution is -2.43. The number of aldehydes is 3. The third-order valence-corrected chi connectivity index (χ3v) is 3.18. The van der Waals surface area contributed by atoms with Crippen LogP contribution in [0.15, 0.2) is 0 Å². The lowest BCUT2D eigenvalue weighted by Gasteiger charge is -2.26. The zero-order valence-electron chi connectivity index (χ0n) is 13.4. The SMILES string of the molecule is O=CCN(CC=O)CCN(CC=O)CCN(CC(=O)O)CC(=O)O. The van der Waals surface area contributed by atoms with E-state index < -0.39 is 25.0 Å². The van der Waals surface area contributed by atoms with Crippen LogP contribution in [0.25, 0.3) is 0 Å². The second-order valence-electron chi connectivity index (χ2n) is 5.06. The summed E-state index contributed by atoms with van der Waals surface area (Å²) in [4.78, 5) is 57.8. The standard InChI is InChI=1S/C14H23N3O7/c18-8-5-15(1-2-16(6-9-19)7-10-20)3-4-17(11-13(21)22)12-14(23)24/h8-10H,1-7,11-12H2,(H,21,22)(H,23,24). The van der Waals surface area contributed by atoms with Gasteiger partial charge in [0, 0.05) is 26.2 Å². The molecule has 136 valence electrons. The first-order valence-corrected chi connectivity index (χ1v) is 7.34. The number of carbonyl (C=O) groups excluding carboxylic acids is 3. The summed E-state index contributed by atoms with van der Waals surface area (Å²) < 4.78 is 0. The summed E-state index contributed by atoms with van der Waals surface area (Å²) in [7, 11) is 0. The largest absolute Gasteiger partial charge is 0.480 e. The van der Waals surface area contributed by atoms with Crippen molar-refractivity contribution in [2.45, 2.75) is 0 Å². The molecule has 24 heavy (non-hydrogen) atoms. The Balaban J connectivity index is 4.53. The van der Waals surface area contributed by atoms with Crippen molar-refractivity contribution in [3.8, 4) is 0 Å². The molecule has 0 aliphatic carbocycles. The van der Waals surface area contributed by atoms with Gasteiger partial charge in [0.1, 0.15) is 18.9 Å². The fraction of sp³-hybridized carbons (Fsp3) is 0.643. The van der Waals surface area contributed by atoms with Gasteiger partial charge in [-0.2, -0.15) is 0 Å². The maximum absolute atomic E-state index is 10.7. The minimum absolute atomic E-state index is 0.0873. The van der Waals surface area contributed by atoms with Crippen molar-refractivity contribution < 1.29 is 34.2 Å². The molecule has 0 heterocycles. The highest BCUT2D eigenvalue weighted by Crippen LogP contribution is 1.95. The fourth-order valence-corrected chi connectivity index (χ4v) is 2.03. The quantitative estimate of drug-likeness (QED) is 0.293. The average molecular weight is 345 g/mol. The van der Waals surface area contributed by atoms with Crippen LogP contribution in [-0.2, 0) is 24.0 Å². The first-order valence-electron chi connectivity index (χ1n) is 7.34. The predicted molar refractivity (Wildman–Crippen MR) is 82.8 cm³/mol. The second kappa shape index (κ2) is 13.3. The van der Waals surface area contributed by atoms with Gasteiger partial charge in [-0.1, -0.05) is 0 Å². The zero-order chi connectivity index (χ0) is 18.4. The maximum atomic E-state index is 10.7. The van der Waals surface area contributed by atoms with Gasteiger partial charge in [0.15, 0.2) is 0 Å². The van der Waals surface area contributed by atoms with Crippen LogP contribution in [0.4, 0.5) is 0 Å². The molecule has 0 saturated carbocycles. The third-order valence-electron chi connectivity index (χ3n) is 3.18. The van der Waals surface area contributed by atoms with Crippen molar-refractivity contribution in [1.82, 2.24) is 14.7 Å². The van der Waals surface area contributed by atoms with Crippen molar-refractivity contribution in [2.24, 2.45) is 0 Å². The Morgan fingerprint density at radius 2 is 0.958 bits per heavy atom. The maximum Gasteiger partial charge on any atom is 0.317 e. The first kappa shape index (κ1) is 21.8. The molecular weight excluding hydrogens is 322 g/mol. The fourth-order valence-electron chi connectivity index (χ4n) is 2.03. The van der Waals surface area contributed by atoms with E-state index in [2.05, 4.69) is 0 Å². The van der Waals surface area contributed by atoms with E-state index in [-0.39, 0.29) is 32.7 Å². The monoisotopic (exact) mass is 345 g/mol. The van der Waals surface area contributed by atoms with Gasteiger partial charge < -0.3 is 24.6 Å². The van der Waals surface area contributed by atoms with E-state index >= 15 is 0 Å². The highest BCUT2D eigenvalue weighted by molar-refractivity contribution is 5.72. The average Bonchev–Trinajstić information content (AvgIpc) is 2.49. The number of nitrogens with zero attached hydrogens (tertiary/aromatic N) is 3. The van der Waals surface area contributed by atoms with Crippen LogP contribution in [0.5, 0.6) is 0 Å². The minimum atomic E-state index is -1.14. The Morgan fingerprint density at radius 1 is 0.625 bits per heavy atom. The molecule has 0 rings (SSSR count). The Labute approximate surface area is 139 Å². The van der Waals surface area contributed by atoms with Crippen LogP contribution >= 0.6 is 0 Å². The number of aliphatic carboxylic acids is 2. The lowest BCUT2D eigenvalue weighted by atomic mass is 10.3. The zero-order valence-corrected chi connectivity index (χ0v) is 13.4. The molecule has 0 unspecified atom stereocenters. The van der Waals surface area contributed by atoms with Crippen LogP contribution in [0.3, 0.4) is 0 Å². The highest BCUT2D eigenvalue weighted by Gasteiger charge is 2.15. The third kappa shape index (κ3) is 11.4. The summed E-state index contributed by atoms with van der Waals surface area (Å²) in [5, 5.41) is 17.6. The molecule has 0 fully saturated rings. The van der Waals surface area contributed by atoms with Gasteiger partial charge >= 0.3 is 11.9 Å². The van der Waals surface area contributed by atoms with Crippen LogP contribution in [0.1, 0.15) is 0 Å². The summed E-state index contributed by atoms with van der Waals surface area (Å²) in [5.41, 5.74) is 0. The van der Waals surface area contributed by atoms with E-state index in [0.29, 0.717) is 31.9 Å². The molecule has 10 nitrogen and oxygen atoms in total. The Morgan fingerprint density at radius 3 is 1.33 bits per heavy atom. The summed E-state index contributed by atoms with van der Waals surface area (Å²) in [6, 6.07) is 0. The Bertz CT molecular complexity index is 405. The normalized spacial score (nSPS) is 11.0. The van der Waals surface area contributed by atoms with E-state index in [9.17, 15) is 24.0 Å². The number of carbonyl (C=O) groups is 5. The first-order chi connectivity index (χ1) is 11.4. The van der Waals surface area contributed by atoms with E-state index in [1.807, 2.05) is 0 Å². The van der Waals surface area contributed by atoms with E-state index in [4.69, 9.17) is 10.2 Å². The van der Waals surface area contributed by atoms with Gasteiger partial charge in [-0.3, -0.25) is 24.3 Å². The molecule has 2 N–H and O–H groups in total. The topological polar surface area (TPSA) is 136 Å². The van der Waals surface area contributed by atoms with Crippen molar-refractivity contribution in [1.29, 1.82) is 0 Å². The van der Waals surface area contributed by atoms with E-state index in [1.54, 1.807) is 9.80 Å². The van der Waals surface area contributed by atoms with Gasteiger partial charge in [0.2, 0.25) is 0 Å². The van der Waals surface area contributed by atoms with E-state index in [1.165, 1.54) is 4.90 Å². The molecule has 0 aromatic heterocycles. The van der Waals surface area contributed by atoms with E-state index in [0.717, 1.165) is 0 Å². The number of rotatable bonds is 16. The molecule has 0 aromatic rings. The summed E-state index contributed by atoms with van der Waals surface area (Å²) in [5.74, 6) is -2.28. The molecule has 10 heteroatoms. The molecule has 0 aromatic carbocycles. The second-order valence-corrected chi connectivity index (χ2v) is 5.06. The molecule has 0 spiro atoms. The summed E-state index contributed by atoms with van der Waals surface area (Å²) >= 11 is 0. The number of hydrogen-bond acceptors (Lipinski definition) is 8. The van der Waals surface area contributed by atoms with Crippen molar-refractivity contribution in [3.63, 3.8) is 0 Å². The molecule has 0 atom stereocenters. The van der Waals surface area contributed by atoms with Gasteiger partial charge in [0.05, 0.1) is 32.7 Å². The molecule has 0 amide bonds. The molecule has 0 saturated heterocycles. The number of carboxylic acids is 2. The Hall–Kier alpha value is -2.17. The van der Waals surface area contributed by atoms with Crippen molar-refractivity contribution in [2.75, 3.05) is 58.9 Å². The number of hydrogen-bond donors (Lipinski definition) is 2. The molecule has 0 bridgehead atoms. The lowest BCUT2D eigenvalue weighted by molar-refractivity contribution is -0.142. The van der Waals surface area contributed by atoms with Gasteiger partial charge in [-0.05, 0) is 0 Å². The van der Waals surface area contributed by atoms with Crippen LogP contribution in [0, 0.1) is 0 Å². The minimum Gasteiger partial charge on any atom is -0.480 e. The summed E-state index contributed by atoms with van der Waals surface area (Å²) in [6.07, 6.45) is 2.03. The van der Waals surface area contributed by atoms with Crippen LogP contribution < -0.4 is 0 Å². The van der Waals surface area contributed by atoms with Crippen LogP contribution in [-0.4, -0.2) is 115 Å². The van der Waals surface area contributed by atoms with Crippen LogP contribution in [0.2, 0.25) is 0 Å². The smallest absolute Gasteiger partial charge is 0.317 e. The highest BCUT2D eigenvalue weighted by atomic mass is 16.4. The van der Waals surface area contributed by atoms with Gasteiger partial charge in [-0.15, -0.1) is 0 Å². The Kier molecular flexibility index (Phi) is 12.1. The molecule has 0 aliphatic heterocycles. The molecule has 0 aliphatic rings. The van der Waals surface area contributed by atoms with Crippen molar-refractivity contribution >= 4 is 30.8 Å². The molecule has 0 radical (unpaired) electrons. The summed E-state index contributed by atoms with van der Waals surface area (Å²) in [6.45, 7) is 0.660. The van der Waals surface area contributed by atoms with Crippen molar-refractivity contribution in [3.05, 3.63) is 0 Å². The van der Waals surface area contributed by atoms with Gasteiger partial charge in [0.25, 0.3) is 0 Å².